The summed E-state index contributed by atoms with van der Waals surface area (Å²) in [6, 6.07) is 6.31. The van der Waals surface area contributed by atoms with Gasteiger partial charge in [0.15, 0.2) is 0 Å². The summed E-state index contributed by atoms with van der Waals surface area (Å²) in [6.07, 6.45) is 2.78. The fourth-order valence-corrected chi connectivity index (χ4v) is 2.60. The Hall–Kier alpha value is -0.840. The summed E-state index contributed by atoms with van der Waals surface area (Å²) >= 11 is 7.51. The Morgan fingerprint density at radius 1 is 1.50 bits per heavy atom. The van der Waals surface area contributed by atoms with Gasteiger partial charge in [0.2, 0.25) is 0 Å². The van der Waals surface area contributed by atoms with E-state index in [2.05, 4.69) is 28.5 Å². The third kappa shape index (κ3) is 3.07. The van der Waals surface area contributed by atoms with Gasteiger partial charge < -0.3 is 5.32 Å². The van der Waals surface area contributed by atoms with Gasteiger partial charge in [-0.1, -0.05) is 11.6 Å². The van der Waals surface area contributed by atoms with Gasteiger partial charge in [0.05, 0.1) is 10.0 Å². The summed E-state index contributed by atoms with van der Waals surface area (Å²) < 4.78 is 0.858. The molecule has 1 atom stereocenters. The summed E-state index contributed by atoms with van der Waals surface area (Å²) in [5.74, 6) is 0. The molecule has 0 fully saturated rings. The zero-order valence-electron chi connectivity index (χ0n) is 9.03. The zero-order chi connectivity index (χ0) is 11.4. The number of rotatable bonds is 5. The monoisotopic (exact) mass is 255 g/mol. The van der Waals surface area contributed by atoms with Crippen LogP contribution in [0.3, 0.4) is 0 Å². The fourth-order valence-electron chi connectivity index (χ4n) is 1.52. The third-order valence-electron chi connectivity index (χ3n) is 2.44. The van der Waals surface area contributed by atoms with E-state index in [0.29, 0.717) is 6.04 Å². The summed E-state index contributed by atoms with van der Waals surface area (Å²) in [5, 5.41) is 10.3. The first-order valence-corrected chi connectivity index (χ1v) is 6.42. The molecule has 0 aliphatic heterocycles. The molecule has 0 aromatic carbocycles. The minimum Gasteiger partial charge on any atom is -0.309 e. The molecule has 2 heterocycles. The van der Waals surface area contributed by atoms with Crippen molar-refractivity contribution in [2.45, 2.75) is 19.4 Å². The van der Waals surface area contributed by atoms with Crippen molar-refractivity contribution in [3.05, 3.63) is 39.3 Å². The van der Waals surface area contributed by atoms with E-state index in [0.717, 1.165) is 23.0 Å². The molecular weight excluding hydrogens is 242 g/mol. The maximum absolute atomic E-state index is 5.87. The quantitative estimate of drug-likeness (QED) is 0.862. The second-order valence-corrected chi connectivity index (χ2v) is 5.44. The van der Waals surface area contributed by atoms with Gasteiger partial charge in [0, 0.05) is 23.7 Å². The van der Waals surface area contributed by atoms with Gasteiger partial charge >= 0.3 is 0 Å². The SMILES string of the molecule is CC(NCCc1ccc(Cl)s1)c1ccn[nH]1. The molecule has 2 N–H and O–H groups in total. The van der Waals surface area contributed by atoms with E-state index >= 15 is 0 Å². The lowest BCUT2D eigenvalue weighted by Gasteiger charge is -2.10. The molecule has 0 amide bonds. The smallest absolute Gasteiger partial charge is 0.0931 e. The van der Waals surface area contributed by atoms with Crippen LogP contribution in [0.1, 0.15) is 23.5 Å². The van der Waals surface area contributed by atoms with Crippen molar-refractivity contribution >= 4 is 22.9 Å². The number of hydrogen-bond donors (Lipinski definition) is 2. The summed E-state index contributed by atoms with van der Waals surface area (Å²) in [7, 11) is 0. The van der Waals surface area contributed by atoms with Crippen LogP contribution in [0.4, 0.5) is 0 Å². The molecule has 0 radical (unpaired) electrons. The number of halogens is 1. The number of H-pyrrole nitrogens is 1. The number of thiophene rings is 1. The molecule has 0 spiro atoms. The molecule has 0 bridgehead atoms. The third-order valence-corrected chi connectivity index (χ3v) is 3.73. The fraction of sp³-hybridized carbons (Fsp3) is 0.364. The Balaban J connectivity index is 1.76. The van der Waals surface area contributed by atoms with E-state index in [1.807, 2.05) is 12.1 Å². The first-order chi connectivity index (χ1) is 7.75. The molecule has 0 aliphatic carbocycles. The Morgan fingerprint density at radius 3 is 3.00 bits per heavy atom. The first-order valence-electron chi connectivity index (χ1n) is 5.22. The number of aromatic nitrogens is 2. The Bertz CT molecular complexity index is 424. The van der Waals surface area contributed by atoms with Gasteiger partial charge in [0.25, 0.3) is 0 Å². The van der Waals surface area contributed by atoms with Gasteiger partial charge in [-0.15, -0.1) is 11.3 Å². The van der Waals surface area contributed by atoms with E-state index in [1.54, 1.807) is 17.5 Å². The predicted molar refractivity (Wildman–Crippen MR) is 68.0 cm³/mol. The highest BCUT2D eigenvalue weighted by Crippen LogP contribution is 2.21. The van der Waals surface area contributed by atoms with Gasteiger partial charge in [-0.05, 0) is 31.5 Å². The van der Waals surface area contributed by atoms with Crippen molar-refractivity contribution in [1.29, 1.82) is 0 Å². The molecule has 2 rings (SSSR count). The molecule has 86 valence electrons. The van der Waals surface area contributed by atoms with Crippen LogP contribution in [0.25, 0.3) is 0 Å². The van der Waals surface area contributed by atoms with Gasteiger partial charge in [0.1, 0.15) is 0 Å². The van der Waals surface area contributed by atoms with Crippen molar-refractivity contribution in [3.8, 4) is 0 Å². The lowest BCUT2D eigenvalue weighted by molar-refractivity contribution is 0.564. The van der Waals surface area contributed by atoms with Gasteiger partial charge in [-0.25, -0.2) is 0 Å². The molecule has 0 aliphatic rings. The van der Waals surface area contributed by atoms with Gasteiger partial charge in [-0.3, -0.25) is 5.10 Å². The van der Waals surface area contributed by atoms with Crippen molar-refractivity contribution in [2.24, 2.45) is 0 Å². The van der Waals surface area contributed by atoms with Crippen molar-refractivity contribution < 1.29 is 0 Å². The van der Waals surface area contributed by atoms with Crippen molar-refractivity contribution in [2.75, 3.05) is 6.54 Å². The molecule has 0 saturated heterocycles. The van der Waals surface area contributed by atoms with Crippen LogP contribution in [-0.2, 0) is 6.42 Å². The molecule has 2 aromatic heterocycles. The van der Waals surface area contributed by atoms with Gasteiger partial charge in [-0.2, -0.15) is 5.10 Å². The van der Waals surface area contributed by atoms with Crippen LogP contribution in [-0.4, -0.2) is 16.7 Å². The molecule has 5 heteroatoms. The van der Waals surface area contributed by atoms with Crippen molar-refractivity contribution in [1.82, 2.24) is 15.5 Å². The van der Waals surface area contributed by atoms with Crippen LogP contribution in [0.5, 0.6) is 0 Å². The van der Waals surface area contributed by atoms with E-state index in [-0.39, 0.29) is 0 Å². The molecule has 2 aromatic rings. The second kappa shape index (κ2) is 5.48. The maximum Gasteiger partial charge on any atom is 0.0931 e. The zero-order valence-corrected chi connectivity index (χ0v) is 10.6. The van der Waals surface area contributed by atoms with Crippen LogP contribution >= 0.6 is 22.9 Å². The van der Waals surface area contributed by atoms with E-state index in [1.165, 1.54) is 4.88 Å². The molecular formula is C11H14ClN3S. The molecule has 3 nitrogen and oxygen atoms in total. The van der Waals surface area contributed by atoms with E-state index < -0.39 is 0 Å². The number of hydrogen-bond acceptors (Lipinski definition) is 3. The van der Waals surface area contributed by atoms with Crippen LogP contribution in [0.2, 0.25) is 4.34 Å². The van der Waals surface area contributed by atoms with Crippen LogP contribution < -0.4 is 5.32 Å². The highest BCUT2D eigenvalue weighted by Gasteiger charge is 2.05. The lowest BCUT2D eigenvalue weighted by Crippen LogP contribution is -2.21. The van der Waals surface area contributed by atoms with Crippen LogP contribution in [0.15, 0.2) is 24.4 Å². The number of nitrogens with zero attached hydrogens (tertiary/aromatic N) is 1. The summed E-state index contributed by atoms with van der Waals surface area (Å²) in [6.45, 7) is 3.06. The van der Waals surface area contributed by atoms with E-state index in [9.17, 15) is 0 Å². The molecule has 1 unspecified atom stereocenters. The summed E-state index contributed by atoms with van der Waals surface area (Å²) in [5.41, 5.74) is 1.12. The number of nitrogens with one attached hydrogen (secondary N) is 2. The number of aromatic amines is 1. The predicted octanol–water partition coefficient (Wildman–Crippen LogP) is 3.02. The minimum absolute atomic E-state index is 0.304. The molecule has 0 saturated carbocycles. The lowest BCUT2D eigenvalue weighted by atomic mass is 10.2. The normalized spacial score (nSPS) is 12.9. The average Bonchev–Trinajstić information content (AvgIpc) is 2.89. The Labute approximate surface area is 104 Å². The Morgan fingerprint density at radius 2 is 2.38 bits per heavy atom. The highest BCUT2D eigenvalue weighted by molar-refractivity contribution is 7.16. The largest absolute Gasteiger partial charge is 0.309 e. The maximum atomic E-state index is 5.87. The second-order valence-electron chi connectivity index (χ2n) is 3.64. The minimum atomic E-state index is 0.304. The average molecular weight is 256 g/mol. The topological polar surface area (TPSA) is 40.7 Å². The first kappa shape index (κ1) is 11.6. The van der Waals surface area contributed by atoms with Crippen molar-refractivity contribution in [3.63, 3.8) is 0 Å². The highest BCUT2D eigenvalue weighted by atomic mass is 35.5. The molecule has 16 heavy (non-hydrogen) atoms. The summed E-state index contributed by atoms with van der Waals surface area (Å²) in [4.78, 5) is 1.31. The Kier molecular flexibility index (Phi) is 3.98. The van der Waals surface area contributed by atoms with Crippen LogP contribution in [0, 0.1) is 0 Å². The standard InChI is InChI=1S/C11H14ClN3S/c1-8(10-5-7-14-15-10)13-6-4-9-2-3-11(12)16-9/h2-3,5,7-8,13H,4,6H2,1H3,(H,14,15). The van der Waals surface area contributed by atoms with E-state index in [4.69, 9.17) is 11.6 Å².